The van der Waals surface area contributed by atoms with E-state index in [0.717, 1.165) is 6.08 Å². The van der Waals surface area contributed by atoms with E-state index in [2.05, 4.69) is 0 Å². The van der Waals surface area contributed by atoms with Crippen molar-refractivity contribution >= 4 is 17.9 Å². The second-order valence-electron chi connectivity index (χ2n) is 3.21. The minimum absolute atomic E-state index is 0.377. The monoisotopic (exact) mass is 228 g/mol. The summed E-state index contributed by atoms with van der Waals surface area (Å²) in [6.45, 7) is 0. The fraction of sp³-hybridized carbons (Fsp3) is 0.222. The second-order valence-corrected chi connectivity index (χ2v) is 3.21. The smallest absolute Gasteiger partial charge is 0.341 e. The summed E-state index contributed by atoms with van der Waals surface area (Å²) < 4.78 is 0. The highest BCUT2D eigenvalue weighted by Crippen LogP contribution is 2.28. The van der Waals surface area contributed by atoms with Gasteiger partial charge in [-0.2, -0.15) is 0 Å². The molecule has 0 bridgehead atoms. The molecular formula is C9H8O7. The standard InChI is InChI=1S/C9H8O7/c10-6(11)4-1-2-9(16,8(14)15)5(3-4)7(12)13/h1-3,5,16H,(H,10,11)(H,12,13)(H,14,15). The zero-order valence-corrected chi connectivity index (χ0v) is 7.82. The number of rotatable bonds is 3. The molecule has 0 spiro atoms. The van der Waals surface area contributed by atoms with E-state index in [4.69, 9.17) is 15.3 Å². The summed E-state index contributed by atoms with van der Waals surface area (Å²) in [5.41, 5.74) is -3.00. The van der Waals surface area contributed by atoms with Gasteiger partial charge in [0.15, 0.2) is 5.60 Å². The summed E-state index contributed by atoms with van der Waals surface area (Å²) in [4.78, 5) is 32.0. The van der Waals surface area contributed by atoms with E-state index in [0.29, 0.717) is 12.2 Å². The van der Waals surface area contributed by atoms with Crippen molar-refractivity contribution in [2.45, 2.75) is 5.60 Å². The predicted molar refractivity (Wildman–Crippen MR) is 48.6 cm³/mol. The Labute approximate surface area is 88.9 Å². The van der Waals surface area contributed by atoms with E-state index in [1.165, 1.54) is 0 Å². The maximum Gasteiger partial charge on any atom is 0.341 e. The first-order valence-corrected chi connectivity index (χ1v) is 4.12. The first-order chi connectivity index (χ1) is 7.29. The fourth-order valence-electron chi connectivity index (χ4n) is 1.29. The summed E-state index contributed by atoms with van der Waals surface area (Å²) in [6.07, 6.45) is 2.20. The van der Waals surface area contributed by atoms with Crippen molar-refractivity contribution in [3.63, 3.8) is 0 Å². The van der Waals surface area contributed by atoms with Gasteiger partial charge in [0.05, 0.1) is 5.57 Å². The maximum atomic E-state index is 10.7. The molecule has 86 valence electrons. The van der Waals surface area contributed by atoms with Crippen molar-refractivity contribution in [3.05, 3.63) is 23.8 Å². The summed E-state index contributed by atoms with van der Waals surface area (Å²) in [5.74, 6) is -6.60. The minimum atomic E-state index is -2.62. The third-order valence-corrected chi connectivity index (χ3v) is 2.19. The fourth-order valence-corrected chi connectivity index (χ4v) is 1.29. The predicted octanol–water partition coefficient (Wildman–Crippen LogP) is -0.916. The van der Waals surface area contributed by atoms with Gasteiger partial charge in [0.1, 0.15) is 5.92 Å². The van der Waals surface area contributed by atoms with Gasteiger partial charge in [-0.1, -0.05) is 6.08 Å². The van der Waals surface area contributed by atoms with E-state index in [1.54, 1.807) is 0 Å². The minimum Gasteiger partial charge on any atom is -0.481 e. The van der Waals surface area contributed by atoms with Crippen LogP contribution in [0.3, 0.4) is 0 Å². The van der Waals surface area contributed by atoms with Crippen LogP contribution >= 0.6 is 0 Å². The summed E-state index contributed by atoms with van der Waals surface area (Å²) in [5, 5.41) is 35.6. The van der Waals surface area contributed by atoms with Crippen LogP contribution in [0.1, 0.15) is 0 Å². The molecular weight excluding hydrogens is 220 g/mol. The molecule has 7 nitrogen and oxygen atoms in total. The number of aliphatic carboxylic acids is 3. The van der Waals surface area contributed by atoms with Gasteiger partial charge in [-0.05, 0) is 12.2 Å². The van der Waals surface area contributed by atoms with Crippen LogP contribution in [0.4, 0.5) is 0 Å². The molecule has 2 unspecified atom stereocenters. The van der Waals surface area contributed by atoms with Crippen LogP contribution in [0.2, 0.25) is 0 Å². The number of aliphatic hydroxyl groups is 1. The SMILES string of the molecule is O=C(O)C1=CC(C(=O)O)C(O)(C(=O)O)C=C1. The highest BCUT2D eigenvalue weighted by Gasteiger charge is 2.47. The second kappa shape index (κ2) is 3.78. The first kappa shape index (κ1) is 11.9. The van der Waals surface area contributed by atoms with Crippen LogP contribution < -0.4 is 0 Å². The van der Waals surface area contributed by atoms with Crippen molar-refractivity contribution in [1.82, 2.24) is 0 Å². The molecule has 1 aliphatic rings. The first-order valence-electron chi connectivity index (χ1n) is 4.12. The third-order valence-electron chi connectivity index (χ3n) is 2.19. The Morgan fingerprint density at radius 1 is 1.19 bits per heavy atom. The molecule has 0 fully saturated rings. The van der Waals surface area contributed by atoms with E-state index in [-0.39, 0.29) is 5.57 Å². The van der Waals surface area contributed by atoms with Crippen molar-refractivity contribution in [2.24, 2.45) is 5.92 Å². The van der Waals surface area contributed by atoms with Gasteiger partial charge in [0, 0.05) is 0 Å². The molecule has 0 radical (unpaired) electrons. The van der Waals surface area contributed by atoms with E-state index in [9.17, 15) is 19.5 Å². The van der Waals surface area contributed by atoms with Crippen LogP contribution in [-0.4, -0.2) is 43.9 Å². The third kappa shape index (κ3) is 1.80. The van der Waals surface area contributed by atoms with Crippen LogP contribution in [0.5, 0.6) is 0 Å². The summed E-state index contributed by atoms with van der Waals surface area (Å²) in [6, 6.07) is 0. The van der Waals surface area contributed by atoms with Gasteiger partial charge < -0.3 is 20.4 Å². The lowest BCUT2D eigenvalue weighted by Crippen LogP contribution is -2.48. The molecule has 16 heavy (non-hydrogen) atoms. The van der Waals surface area contributed by atoms with E-state index >= 15 is 0 Å². The Kier molecular flexibility index (Phi) is 2.82. The lowest BCUT2D eigenvalue weighted by atomic mass is 9.81. The Balaban J connectivity index is 3.22. The Hall–Kier alpha value is -2.15. The molecule has 0 aromatic heterocycles. The molecule has 2 atom stereocenters. The molecule has 0 saturated carbocycles. The number of carboxylic acids is 3. The van der Waals surface area contributed by atoms with Gasteiger partial charge in [0.25, 0.3) is 0 Å². The maximum absolute atomic E-state index is 10.7. The van der Waals surface area contributed by atoms with Crippen LogP contribution in [0.15, 0.2) is 23.8 Å². The zero-order chi connectivity index (χ0) is 12.5. The molecule has 0 amide bonds. The van der Waals surface area contributed by atoms with Gasteiger partial charge in [-0.25, -0.2) is 9.59 Å². The summed E-state index contributed by atoms with van der Waals surface area (Å²) in [7, 11) is 0. The molecule has 0 saturated heterocycles. The molecule has 0 aliphatic heterocycles. The van der Waals surface area contributed by atoms with Gasteiger partial charge in [-0.15, -0.1) is 0 Å². The highest BCUT2D eigenvalue weighted by molar-refractivity contribution is 5.96. The quantitative estimate of drug-likeness (QED) is 0.491. The highest BCUT2D eigenvalue weighted by atomic mass is 16.4. The Morgan fingerprint density at radius 3 is 2.12 bits per heavy atom. The molecule has 0 heterocycles. The van der Waals surface area contributed by atoms with Crippen molar-refractivity contribution in [2.75, 3.05) is 0 Å². The lowest BCUT2D eigenvalue weighted by Gasteiger charge is -2.27. The van der Waals surface area contributed by atoms with Gasteiger partial charge in [-0.3, -0.25) is 4.79 Å². The number of carboxylic acid groups (broad SMARTS) is 3. The Bertz CT molecular complexity index is 420. The number of hydrogen-bond donors (Lipinski definition) is 4. The molecule has 0 aromatic carbocycles. The van der Waals surface area contributed by atoms with Crippen LogP contribution in [-0.2, 0) is 14.4 Å². The van der Waals surface area contributed by atoms with E-state index in [1.807, 2.05) is 0 Å². The van der Waals surface area contributed by atoms with Crippen LogP contribution in [0.25, 0.3) is 0 Å². The van der Waals surface area contributed by atoms with Crippen molar-refractivity contribution in [3.8, 4) is 0 Å². The zero-order valence-electron chi connectivity index (χ0n) is 7.82. The van der Waals surface area contributed by atoms with Gasteiger partial charge >= 0.3 is 17.9 Å². The average molecular weight is 228 g/mol. The number of hydrogen-bond acceptors (Lipinski definition) is 4. The lowest BCUT2D eigenvalue weighted by molar-refractivity contribution is -0.165. The molecule has 1 rings (SSSR count). The topological polar surface area (TPSA) is 132 Å². The number of carbonyl (C=O) groups is 3. The summed E-state index contributed by atoms with van der Waals surface area (Å²) >= 11 is 0. The normalized spacial score (nSPS) is 28.3. The van der Waals surface area contributed by atoms with E-state index < -0.39 is 29.4 Å². The molecule has 7 heteroatoms. The van der Waals surface area contributed by atoms with Crippen molar-refractivity contribution < 1.29 is 34.8 Å². The van der Waals surface area contributed by atoms with Crippen LogP contribution in [0, 0.1) is 5.92 Å². The molecule has 4 N–H and O–H groups in total. The molecule has 1 aliphatic carbocycles. The van der Waals surface area contributed by atoms with Crippen molar-refractivity contribution in [1.29, 1.82) is 0 Å². The Morgan fingerprint density at radius 2 is 1.75 bits per heavy atom. The largest absolute Gasteiger partial charge is 0.481 e. The average Bonchev–Trinajstić information content (AvgIpc) is 2.17. The van der Waals surface area contributed by atoms with Gasteiger partial charge in [0.2, 0.25) is 0 Å². The molecule has 0 aromatic rings.